The lowest BCUT2D eigenvalue weighted by Crippen LogP contribution is -2.54. The van der Waals surface area contributed by atoms with E-state index in [0.717, 1.165) is 25.8 Å². The number of urea groups is 1. The van der Waals surface area contributed by atoms with Crippen LogP contribution in [0.15, 0.2) is 0 Å². The van der Waals surface area contributed by atoms with Crippen LogP contribution in [0.5, 0.6) is 0 Å². The van der Waals surface area contributed by atoms with Crippen molar-refractivity contribution in [1.29, 1.82) is 0 Å². The maximum absolute atomic E-state index is 11.2. The SMILES string of the molecule is CCCNC(=O)NC[C@@]1(O)CCCNC1. The number of piperidine rings is 1. The molecule has 5 heteroatoms. The van der Waals surface area contributed by atoms with Gasteiger partial charge in [0.2, 0.25) is 0 Å². The third-order valence-corrected chi connectivity index (χ3v) is 2.56. The van der Waals surface area contributed by atoms with Crippen molar-refractivity contribution in [3.63, 3.8) is 0 Å². The van der Waals surface area contributed by atoms with Gasteiger partial charge in [0.1, 0.15) is 0 Å². The second kappa shape index (κ2) is 5.92. The van der Waals surface area contributed by atoms with Crippen molar-refractivity contribution in [2.45, 2.75) is 31.8 Å². The maximum Gasteiger partial charge on any atom is 0.314 e. The predicted octanol–water partition coefficient (Wildman–Crippen LogP) is -0.190. The molecule has 5 nitrogen and oxygen atoms in total. The standard InChI is InChI=1S/C10H21N3O2/c1-2-5-12-9(14)13-8-10(15)4-3-6-11-7-10/h11,15H,2-8H2,1H3,(H2,12,13,14)/t10-/m1/s1. The van der Waals surface area contributed by atoms with E-state index in [1.807, 2.05) is 6.92 Å². The summed E-state index contributed by atoms with van der Waals surface area (Å²) in [7, 11) is 0. The molecule has 1 aliphatic heterocycles. The second-order valence-electron chi connectivity index (χ2n) is 4.11. The summed E-state index contributed by atoms with van der Waals surface area (Å²) in [5.41, 5.74) is -0.776. The number of nitrogens with one attached hydrogen (secondary N) is 3. The number of hydrogen-bond donors (Lipinski definition) is 4. The van der Waals surface area contributed by atoms with Crippen LogP contribution < -0.4 is 16.0 Å². The van der Waals surface area contributed by atoms with Crippen LogP contribution in [-0.4, -0.2) is 42.9 Å². The van der Waals surface area contributed by atoms with E-state index in [0.29, 0.717) is 19.6 Å². The number of rotatable bonds is 4. The number of hydrogen-bond acceptors (Lipinski definition) is 3. The lowest BCUT2D eigenvalue weighted by molar-refractivity contribution is 0.0194. The van der Waals surface area contributed by atoms with Crippen LogP contribution in [-0.2, 0) is 0 Å². The van der Waals surface area contributed by atoms with Gasteiger partial charge in [0.15, 0.2) is 0 Å². The van der Waals surface area contributed by atoms with Crippen molar-refractivity contribution in [2.75, 3.05) is 26.2 Å². The van der Waals surface area contributed by atoms with E-state index < -0.39 is 5.60 Å². The molecule has 0 aromatic rings. The number of carbonyl (C=O) groups is 1. The summed E-state index contributed by atoms with van der Waals surface area (Å²) < 4.78 is 0. The molecule has 0 unspecified atom stereocenters. The average molecular weight is 215 g/mol. The second-order valence-corrected chi connectivity index (χ2v) is 4.11. The summed E-state index contributed by atoms with van der Waals surface area (Å²) in [5, 5.41) is 18.6. The molecule has 0 aliphatic carbocycles. The van der Waals surface area contributed by atoms with Gasteiger partial charge in [0, 0.05) is 19.6 Å². The summed E-state index contributed by atoms with van der Waals surface area (Å²) in [5.74, 6) is 0. The first-order valence-electron chi connectivity index (χ1n) is 5.61. The molecule has 1 heterocycles. The molecule has 0 radical (unpaired) electrons. The molecule has 0 spiro atoms. The van der Waals surface area contributed by atoms with Gasteiger partial charge in [-0.15, -0.1) is 0 Å². The normalized spacial score (nSPS) is 26.0. The zero-order chi connectivity index (χ0) is 11.1. The largest absolute Gasteiger partial charge is 0.387 e. The van der Waals surface area contributed by atoms with Crippen LogP contribution in [0.25, 0.3) is 0 Å². The highest BCUT2D eigenvalue weighted by atomic mass is 16.3. The first-order valence-corrected chi connectivity index (χ1v) is 5.61. The summed E-state index contributed by atoms with van der Waals surface area (Å²) >= 11 is 0. The molecule has 0 saturated carbocycles. The molecule has 4 N–H and O–H groups in total. The van der Waals surface area contributed by atoms with Crippen molar-refractivity contribution in [3.8, 4) is 0 Å². The minimum atomic E-state index is -0.776. The molecule has 0 aromatic carbocycles. The van der Waals surface area contributed by atoms with Crippen LogP contribution in [0.2, 0.25) is 0 Å². The van der Waals surface area contributed by atoms with Crippen LogP contribution >= 0.6 is 0 Å². The Kier molecular flexibility index (Phi) is 4.84. The number of carbonyl (C=O) groups excluding carboxylic acids is 1. The fourth-order valence-corrected chi connectivity index (χ4v) is 1.65. The van der Waals surface area contributed by atoms with Crippen molar-refractivity contribution in [3.05, 3.63) is 0 Å². The molecule has 1 saturated heterocycles. The van der Waals surface area contributed by atoms with Crippen molar-refractivity contribution in [2.24, 2.45) is 0 Å². The van der Waals surface area contributed by atoms with Gasteiger partial charge in [-0.25, -0.2) is 4.79 Å². The minimum Gasteiger partial charge on any atom is -0.387 e. The van der Waals surface area contributed by atoms with Gasteiger partial charge < -0.3 is 21.1 Å². The van der Waals surface area contributed by atoms with Crippen molar-refractivity contribution in [1.82, 2.24) is 16.0 Å². The highest BCUT2D eigenvalue weighted by molar-refractivity contribution is 5.73. The Balaban J connectivity index is 2.19. The highest BCUT2D eigenvalue weighted by Gasteiger charge is 2.29. The van der Waals surface area contributed by atoms with Crippen LogP contribution in [0.1, 0.15) is 26.2 Å². The fraction of sp³-hybridized carbons (Fsp3) is 0.900. The van der Waals surface area contributed by atoms with Gasteiger partial charge in [0.25, 0.3) is 0 Å². The molecule has 0 bridgehead atoms. The maximum atomic E-state index is 11.2. The summed E-state index contributed by atoms with van der Waals surface area (Å²) in [6, 6.07) is -0.198. The molecule has 15 heavy (non-hydrogen) atoms. The summed E-state index contributed by atoms with van der Waals surface area (Å²) in [6.45, 7) is 4.49. The Bertz CT molecular complexity index is 203. The Morgan fingerprint density at radius 1 is 1.53 bits per heavy atom. The van der Waals surface area contributed by atoms with E-state index in [9.17, 15) is 9.90 Å². The first kappa shape index (κ1) is 12.3. The van der Waals surface area contributed by atoms with E-state index in [1.165, 1.54) is 0 Å². The van der Waals surface area contributed by atoms with Gasteiger partial charge >= 0.3 is 6.03 Å². The molecule has 1 fully saturated rings. The van der Waals surface area contributed by atoms with E-state index in [-0.39, 0.29) is 6.03 Å². The van der Waals surface area contributed by atoms with Crippen molar-refractivity contribution < 1.29 is 9.90 Å². The molecule has 1 atom stereocenters. The van der Waals surface area contributed by atoms with E-state index in [2.05, 4.69) is 16.0 Å². The topological polar surface area (TPSA) is 73.4 Å². The van der Waals surface area contributed by atoms with Gasteiger partial charge in [-0.05, 0) is 25.8 Å². The van der Waals surface area contributed by atoms with E-state index >= 15 is 0 Å². The fourth-order valence-electron chi connectivity index (χ4n) is 1.65. The van der Waals surface area contributed by atoms with Crippen LogP contribution in [0.3, 0.4) is 0 Å². The van der Waals surface area contributed by atoms with E-state index in [4.69, 9.17) is 0 Å². The number of β-amino-alcohol motifs (C(OH)–C–C–N with tert-alkyl or cyclic N) is 1. The Labute approximate surface area is 90.6 Å². The highest BCUT2D eigenvalue weighted by Crippen LogP contribution is 2.14. The van der Waals surface area contributed by atoms with Gasteiger partial charge in [-0.3, -0.25) is 0 Å². The van der Waals surface area contributed by atoms with Gasteiger partial charge in [0.05, 0.1) is 5.60 Å². The predicted molar refractivity (Wildman–Crippen MR) is 58.7 cm³/mol. The average Bonchev–Trinajstić information content (AvgIpc) is 2.25. The van der Waals surface area contributed by atoms with Crippen molar-refractivity contribution >= 4 is 6.03 Å². The molecule has 88 valence electrons. The third kappa shape index (κ3) is 4.48. The molecular weight excluding hydrogens is 194 g/mol. The third-order valence-electron chi connectivity index (χ3n) is 2.56. The molecule has 1 aliphatic rings. The molecule has 2 amide bonds. The molecule has 1 rings (SSSR count). The zero-order valence-corrected chi connectivity index (χ0v) is 9.31. The van der Waals surface area contributed by atoms with E-state index in [1.54, 1.807) is 0 Å². The summed E-state index contributed by atoms with van der Waals surface area (Å²) in [6.07, 6.45) is 2.61. The quantitative estimate of drug-likeness (QED) is 0.525. The Morgan fingerprint density at radius 3 is 2.93 bits per heavy atom. The monoisotopic (exact) mass is 215 g/mol. The van der Waals surface area contributed by atoms with Crippen LogP contribution in [0.4, 0.5) is 4.79 Å². The molecular formula is C10H21N3O2. The lowest BCUT2D eigenvalue weighted by Gasteiger charge is -2.32. The van der Waals surface area contributed by atoms with Crippen LogP contribution in [0, 0.1) is 0 Å². The Morgan fingerprint density at radius 2 is 2.33 bits per heavy atom. The zero-order valence-electron chi connectivity index (χ0n) is 9.31. The van der Waals surface area contributed by atoms with Gasteiger partial charge in [-0.1, -0.05) is 6.92 Å². The number of aliphatic hydroxyl groups is 1. The smallest absolute Gasteiger partial charge is 0.314 e. The number of amides is 2. The summed E-state index contributed by atoms with van der Waals surface area (Å²) in [4.78, 5) is 11.2. The first-order chi connectivity index (χ1) is 7.16. The minimum absolute atomic E-state index is 0.198. The van der Waals surface area contributed by atoms with Gasteiger partial charge in [-0.2, -0.15) is 0 Å². The Hall–Kier alpha value is -0.810. The molecule has 0 aromatic heterocycles. The lowest BCUT2D eigenvalue weighted by atomic mass is 9.94.